The van der Waals surface area contributed by atoms with Crippen molar-refractivity contribution < 1.29 is 13.2 Å². The molecule has 102 valence electrons. The second-order valence-corrected chi connectivity index (χ2v) is 6.65. The van der Waals surface area contributed by atoms with E-state index < -0.39 is 9.05 Å². The zero-order chi connectivity index (χ0) is 13.7. The van der Waals surface area contributed by atoms with E-state index in [1.54, 1.807) is 4.68 Å². The van der Waals surface area contributed by atoms with Crippen molar-refractivity contribution in [2.45, 2.75) is 6.42 Å². The van der Waals surface area contributed by atoms with Crippen LogP contribution in [0.1, 0.15) is 6.42 Å². The highest BCUT2D eigenvalue weighted by Crippen LogP contribution is 2.08. The van der Waals surface area contributed by atoms with Gasteiger partial charge in [0.1, 0.15) is 6.33 Å². The summed E-state index contributed by atoms with van der Waals surface area (Å²) in [4.78, 5) is 3.97. The van der Waals surface area contributed by atoms with E-state index in [1.165, 1.54) is 6.33 Å². The number of halogens is 1. The molecule has 0 aliphatic rings. The van der Waals surface area contributed by atoms with Gasteiger partial charge in [0, 0.05) is 10.7 Å². The SMILES string of the molecule is O=S(=O)(Cl)CCCOc1ncn(-c2ccccc2)n1. The van der Waals surface area contributed by atoms with E-state index in [9.17, 15) is 8.42 Å². The largest absolute Gasteiger partial charge is 0.462 e. The van der Waals surface area contributed by atoms with Crippen LogP contribution in [0.3, 0.4) is 0 Å². The summed E-state index contributed by atoms with van der Waals surface area (Å²) in [7, 11) is 1.61. The molecule has 0 unspecified atom stereocenters. The van der Waals surface area contributed by atoms with Crippen LogP contribution in [0.2, 0.25) is 0 Å². The smallest absolute Gasteiger partial charge is 0.335 e. The average Bonchev–Trinajstić information content (AvgIpc) is 2.83. The van der Waals surface area contributed by atoms with Crippen molar-refractivity contribution in [3.05, 3.63) is 36.7 Å². The molecule has 0 bridgehead atoms. The molecule has 0 amide bonds. The van der Waals surface area contributed by atoms with Crippen LogP contribution in [-0.4, -0.2) is 35.5 Å². The van der Waals surface area contributed by atoms with Crippen LogP contribution in [0.4, 0.5) is 0 Å². The lowest BCUT2D eigenvalue weighted by Gasteiger charge is -2.00. The quantitative estimate of drug-likeness (QED) is 0.598. The first-order valence-corrected chi connectivity index (χ1v) is 8.05. The van der Waals surface area contributed by atoms with Crippen molar-refractivity contribution in [3.8, 4) is 11.7 Å². The molecular formula is C11H12ClN3O3S. The maximum absolute atomic E-state index is 10.7. The predicted octanol–water partition coefficient (Wildman–Crippen LogP) is 1.60. The highest BCUT2D eigenvalue weighted by molar-refractivity contribution is 8.13. The highest BCUT2D eigenvalue weighted by atomic mass is 35.7. The summed E-state index contributed by atoms with van der Waals surface area (Å²) >= 11 is 0. The second-order valence-electron chi connectivity index (χ2n) is 3.75. The van der Waals surface area contributed by atoms with E-state index >= 15 is 0 Å². The van der Waals surface area contributed by atoms with Crippen LogP contribution in [0.25, 0.3) is 5.69 Å². The number of para-hydroxylation sites is 1. The first-order valence-electron chi connectivity index (χ1n) is 5.57. The van der Waals surface area contributed by atoms with Crippen molar-refractivity contribution in [3.63, 3.8) is 0 Å². The summed E-state index contributed by atoms with van der Waals surface area (Å²) in [6.07, 6.45) is 1.83. The lowest BCUT2D eigenvalue weighted by Crippen LogP contribution is -2.05. The molecule has 1 aromatic carbocycles. The molecule has 0 saturated heterocycles. The Bertz CT molecular complexity index is 628. The van der Waals surface area contributed by atoms with Crippen molar-refractivity contribution in [1.82, 2.24) is 14.8 Å². The zero-order valence-corrected chi connectivity index (χ0v) is 11.5. The van der Waals surface area contributed by atoms with Gasteiger partial charge < -0.3 is 4.74 Å². The number of aromatic nitrogens is 3. The summed E-state index contributed by atoms with van der Waals surface area (Å²) in [5, 5.41) is 4.12. The van der Waals surface area contributed by atoms with Gasteiger partial charge in [0.2, 0.25) is 9.05 Å². The number of rotatable bonds is 6. The molecule has 0 atom stereocenters. The monoisotopic (exact) mass is 301 g/mol. The molecule has 19 heavy (non-hydrogen) atoms. The fourth-order valence-corrected chi connectivity index (χ4v) is 2.20. The van der Waals surface area contributed by atoms with E-state index in [0.29, 0.717) is 6.42 Å². The highest BCUT2D eigenvalue weighted by Gasteiger charge is 2.06. The Balaban J connectivity index is 1.88. The van der Waals surface area contributed by atoms with Gasteiger partial charge in [-0.25, -0.2) is 13.1 Å². The molecular weight excluding hydrogens is 290 g/mol. The van der Waals surface area contributed by atoms with Crippen LogP contribution >= 0.6 is 10.7 Å². The van der Waals surface area contributed by atoms with Gasteiger partial charge in [-0.15, -0.1) is 5.10 Å². The van der Waals surface area contributed by atoms with E-state index in [0.717, 1.165) is 5.69 Å². The molecule has 0 saturated carbocycles. The van der Waals surface area contributed by atoms with Gasteiger partial charge in [0.25, 0.3) is 0 Å². The third kappa shape index (κ3) is 4.53. The number of hydrogen-bond donors (Lipinski definition) is 0. The van der Waals surface area contributed by atoms with Gasteiger partial charge in [0.15, 0.2) is 0 Å². The Morgan fingerprint density at radius 2 is 2.00 bits per heavy atom. The molecule has 8 heteroatoms. The van der Waals surface area contributed by atoms with Gasteiger partial charge in [-0.2, -0.15) is 4.98 Å². The lowest BCUT2D eigenvalue weighted by atomic mass is 10.3. The van der Waals surface area contributed by atoms with Gasteiger partial charge in [-0.1, -0.05) is 18.2 Å². The van der Waals surface area contributed by atoms with Crippen molar-refractivity contribution in [2.75, 3.05) is 12.4 Å². The molecule has 0 spiro atoms. The summed E-state index contributed by atoms with van der Waals surface area (Å²) in [5.74, 6) is -0.131. The second kappa shape index (κ2) is 6.03. The Morgan fingerprint density at radius 1 is 1.26 bits per heavy atom. The minimum atomic E-state index is -3.47. The molecule has 0 aliphatic heterocycles. The number of hydrogen-bond acceptors (Lipinski definition) is 5. The first-order chi connectivity index (χ1) is 9.04. The van der Waals surface area contributed by atoms with Crippen molar-refractivity contribution >= 4 is 19.7 Å². The van der Waals surface area contributed by atoms with Crippen LogP contribution in [0.5, 0.6) is 6.01 Å². The predicted molar refractivity (Wildman–Crippen MR) is 71.1 cm³/mol. The van der Waals surface area contributed by atoms with Gasteiger partial charge in [0.05, 0.1) is 18.0 Å². The van der Waals surface area contributed by atoms with E-state index in [2.05, 4.69) is 10.1 Å². The molecule has 2 aromatic rings. The molecule has 1 aromatic heterocycles. The molecule has 0 aliphatic carbocycles. The Labute approximate surface area is 115 Å². The van der Waals surface area contributed by atoms with Gasteiger partial charge in [-0.3, -0.25) is 0 Å². The number of nitrogens with zero attached hydrogens (tertiary/aromatic N) is 3. The summed E-state index contributed by atoms with van der Waals surface area (Å²) in [6.45, 7) is 0.199. The van der Waals surface area contributed by atoms with Crippen LogP contribution in [-0.2, 0) is 9.05 Å². The fraction of sp³-hybridized carbons (Fsp3) is 0.273. The molecule has 6 nitrogen and oxygen atoms in total. The Kier molecular flexibility index (Phi) is 4.39. The molecule has 1 heterocycles. The third-order valence-electron chi connectivity index (χ3n) is 2.26. The molecule has 0 fully saturated rings. The van der Waals surface area contributed by atoms with E-state index in [4.69, 9.17) is 15.4 Å². The molecule has 2 rings (SSSR count). The van der Waals surface area contributed by atoms with Crippen molar-refractivity contribution in [2.24, 2.45) is 0 Å². The zero-order valence-electron chi connectivity index (χ0n) is 9.94. The maximum Gasteiger partial charge on any atom is 0.335 e. The first kappa shape index (κ1) is 13.8. The van der Waals surface area contributed by atoms with Crippen LogP contribution < -0.4 is 4.74 Å². The minimum Gasteiger partial charge on any atom is -0.462 e. The standard InChI is InChI=1S/C11H12ClN3O3S/c12-19(16,17)8-4-7-18-11-13-9-15(14-11)10-5-2-1-3-6-10/h1-3,5-6,9H,4,7-8H2. The average molecular weight is 302 g/mol. The lowest BCUT2D eigenvalue weighted by molar-refractivity contribution is 0.293. The van der Waals surface area contributed by atoms with Crippen LogP contribution in [0.15, 0.2) is 36.7 Å². The Morgan fingerprint density at radius 3 is 2.68 bits per heavy atom. The number of ether oxygens (including phenoxy) is 1. The molecule has 0 N–H and O–H groups in total. The Hall–Kier alpha value is -1.60. The normalized spacial score (nSPS) is 11.4. The topological polar surface area (TPSA) is 74.1 Å². The molecule has 0 radical (unpaired) electrons. The number of benzene rings is 1. The summed E-state index contributed by atoms with van der Waals surface area (Å²) in [5.41, 5.74) is 0.869. The van der Waals surface area contributed by atoms with E-state index in [1.807, 2.05) is 30.3 Å². The maximum atomic E-state index is 10.7. The van der Waals surface area contributed by atoms with Crippen LogP contribution in [0, 0.1) is 0 Å². The van der Waals surface area contributed by atoms with Gasteiger partial charge in [-0.05, 0) is 18.6 Å². The van der Waals surface area contributed by atoms with E-state index in [-0.39, 0.29) is 18.4 Å². The minimum absolute atomic E-state index is 0.131. The third-order valence-corrected chi connectivity index (χ3v) is 3.49. The summed E-state index contributed by atoms with van der Waals surface area (Å²) in [6, 6.07) is 9.67. The van der Waals surface area contributed by atoms with Crippen molar-refractivity contribution in [1.29, 1.82) is 0 Å². The fourth-order valence-electron chi connectivity index (χ4n) is 1.41. The van der Waals surface area contributed by atoms with Gasteiger partial charge >= 0.3 is 6.01 Å². The summed E-state index contributed by atoms with van der Waals surface area (Å²) < 4.78 is 28.2.